The van der Waals surface area contributed by atoms with Crippen LogP contribution in [0.3, 0.4) is 0 Å². The standard InChI is InChI=1S/C26H28N6OS/c27-21-15-18(4-6-19(21)24-32-31-23(33-24)16-8-12-29-13-9-16)17-5-7-22-20(14-17)26(34-25(28)30-22)10-2-1-3-11-26/h4,6,8-9,12-13,15,17H,1-3,5,7,10-11,14,27H2,(H2,28,30). The molecule has 2 aromatic heterocycles. The number of rotatable bonds is 3. The molecule has 174 valence electrons. The lowest BCUT2D eigenvalue weighted by atomic mass is 9.73. The zero-order chi connectivity index (χ0) is 23.1. The van der Waals surface area contributed by atoms with Gasteiger partial charge in [-0.05, 0) is 73.4 Å². The van der Waals surface area contributed by atoms with Crippen LogP contribution < -0.4 is 11.5 Å². The zero-order valence-electron chi connectivity index (χ0n) is 19.0. The first-order valence-electron chi connectivity index (χ1n) is 12.0. The Morgan fingerprint density at radius 3 is 2.56 bits per heavy atom. The van der Waals surface area contributed by atoms with Crippen molar-refractivity contribution in [2.24, 2.45) is 10.7 Å². The van der Waals surface area contributed by atoms with Gasteiger partial charge in [-0.15, -0.1) is 10.2 Å². The van der Waals surface area contributed by atoms with E-state index in [0.29, 0.717) is 23.4 Å². The lowest BCUT2D eigenvalue weighted by molar-refractivity contribution is 0.407. The number of thioether (sulfide) groups is 1. The molecule has 3 aromatic rings. The molecule has 2 aliphatic carbocycles. The summed E-state index contributed by atoms with van der Waals surface area (Å²) in [5.41, 5.74) is 19.1. The molecule has 1 spiro atoms. The molecule has 8 heteroatoms. The first-order valence-corrected chi connectivity index (χ1v) is 12.8. The molecule has 0 amide bonds. The molecule has 1 saturated carbocycles. The Balaban J connectivity index is 1.26. The van der Waals surface area contributed by atoms with E-state index in [2.05, 4.69) is 27.3 Å². The molecule has 4 N–H and O–H groups in total. The van der Waals surface area contributed by atoms with Crippen LogP contribution in [-0.2, 0) is 0 Å². The van der Waals surface area contributed by atoms with E-state index in [9.17, 15) is 0 Å². The van der Waals surface area contributed by atoms with Crippen molar-refractivity contribution in [1.82, 2.24) is 15.2 Å². The van der Waals surface area contributed by atoms with Gasteiger partial charge in [-0.25, -0.2) is 4.99 Å². The summed E-state index contributed by atoms with van der Waals surface area (Å²) < 4.78 is 6.06. The normalized spacial score (nSPS) is 21.9. The number of fused-ring (bicyclic) bond motifs is 1. The Hall–Kier alpha value is -3.13. The topological polar surface area (TPSA) is 116 Å². The van der Waals surface area contributed by atoms with Crippen molar-refractivity contribution in [3.8, 4) is 22.9 Å². The highest BCUT2D eigenvalue weighted by molar-refractivity contribution is 8.15. The van der Waals surface area contributed by atoms with E-state index in [1.807, 2.05) is 30.0 Å². The summed E-state index contributed by atoms with van der Waals surface area (Å²) in [4.78, 5) is 8.79. The number of nitrogen functional groups attached to an aromatic ring is 1. The van der Waals surface area contributed by atoms with E-state index in [0.717, 1.165) is 35.6 Å². The number of amidine groups is 1. The summed E-state index contributed by atoms with van der Waals surface area (Å²) in [5, 5.41) is 9.16. The molecule has 0 radical (unpaired) electrons. The van der Waals surface area contributed by atoms with Crippen LogP contribution in [0.2, 0.25) is 0 Å². The van der Waals surface area contributed by atoms with Gasteiger partial charge in [0, 0.05) is 34.1 Å². The van der Waals surface area contributed by atoms with E-state index >= 15 is 0 Å². The lowest BCUT2D eigenvalue weighted by Crippen LogP contribution is -2.38. The maximum absolute atomic E-state index is 6.50. The first kappa shape index (κ1) is 21.4. The van der Waals surface area contributed by atoms with Crippen LogP contribution >= 0.6 is 11.8 Å². The van der Waals surface area contributed by atoms with Gasteiger partial charge in [0.25, 0.3) is 0 Å². The van der Waals surface area contributed by atoms with Crippen molar-refractivity contribution >= 4 is 22.6 Å². The highest BCUT2D eigenvalue weighted by atomic mass is 32.2. The molecular weight excluding hydrogens is 444 g/mol. The van der Waals surface area contributed by atoms with Crippen molar-refractivity contribution in [2.75, 3.05) is 5.73 Å². The first-order chi connectivity index (χ1) is 16.6. The third kappa shape index (κ3) is 3.79. The SMILES string of the molecule is NC1=NC2=C(CC(c3ccc(-c4nnc(-c5ccncc5)o4)c(N)c3)CC2)C2(CCCCC2)S1. The fourth-order valence-corrected chi connectivity index (χ4v) is 7.08. The number of nitrogens with two attached hydrogens (primary N) is 2. The third-order valence-electron chi connectivity index (χ3n) is 7.41. The molecule has 1 unspecified atom stereocenters. The molecule has 6 rings (SSSR count). The largest absolute Gasteiger partial charge is 0.416 e. The highest BCUT2D eigenvalue weighted by Gasteiger charge is 2.43. The minimum Gasteiger partial charge on any atom is -0.416 e. The van der Waals surface area contributed by atoms with E-state index in [1.165, 1.54) is 48.9 Å². The third-order valence-corrected chi connectivity index (χ3v) is 8.76. The number of benzene rings is 1. The number of hydrogen-bond acceptors (Lipinski definition) is 8. The van der Waals surface area contributed by atoms with Crippen molar-refractivity contribution in [2.45, 2.75) is 62.0 Å². The summed E-state index contributed by atoms with van der Waals surface area (Å²) >= 11 is 1.81. The van der Waals surface area contributed by atoms with Crippen molar-refractivity contribution in [3.63, 3.8) is 0 Å². The Morgan fingerprint density at radius 2 is 1.76 bits per heavy atom. The number of allylic oxidation sites excluding steroid dienone is 1. The van der Waals surface area contributed by atoms with Crippen LogP contribution in [0.1, 0.15) is 62.8 Å². The molecule has 3 heterocycles. The quantitative estimate of drug-likeness (QED) is 0.472. The van der Waals surface area contributed by atoms with Gasteiger partial charge >= 0.3 is 0 Å². The van der Waals surface area contributed by atoms with Gasteiger partial charge in [-0.3, -0.25) is 4.98 Å². The van der Waals surface area contributed by atoms with E-state index in [4.69, 9.17) is 20.9 Å². The molecule has 0 saturated heterocycles. The van der Waals surface area contributed by atoms with E-state index in [-0.39, 0.29) is 4.75 Å². The van der Waals surface area contributed by atoms with Gasteiger partial charge in [0.05, 0.1) is 5.56 Å². The van der Waals surface area contributed by atoms with Crippen molar-refractivity contribution in [3.05, 3.63) is 59.6 Å². The Morgan fingerprint density at radius 1 is 0.971 bits per heavy atom. The molecular formula is C26H28N6OS. The number of nitrogens with zero attached hydrogens (tertiary/aromatic N) is 4. The summed E-state index contributed by atoms with van der Waals surface area (Å²) in [7, 11) is 0. The van der Waals surface area contributed by atoms with Gasteiger partial charge < -0.3 is 15.9 Å². The average molecular weight is 473 g/mol. The Bertz CT molecular complexity index is 1280. The van der Waals surface area contributed by atoms with E-state index in [1.54, 1.807) is 12.4 Å². The smallest absolute Gasteiger partial charge is 0.250 e. The second-order valence-corrected chi connectivity index (χ2v) is 10.9. The van der Waals surface area contributed by atoms with Crippen LogP contribution in [0.4, 0.5) is 5.69 Å². The van der Waals surface area contributed by atoms with Crippen molar-refractivity contribution in [1.29, 1.82) is 0 Å². The van der Waals surface area contributed by atoms with Crippen LogP contribution in [0.15, 0.2) is 63.4 Å². The van der Waals surface area contributed by atoms with Crippen LogP contribution in [-0.4, -0.2) is 25.1 Å². The van der Waals surface area contributed by atoms with Gasteiger partial charge in [-0.2, -0.15) is 0 Å². The zero-order valence-corrected chi connectivity index (χ0v) is 19.9. The predicted molar refractivity (Wildman–Crippen MR) is 136 cm³/mol. The number of aliphatic imine (C=N–C) groups is 1. The minimum atomic E-state index is 0.149. The minimum absolute atomic E-state index is 0.149. The van der Waals surface area contributed by atoms with Gasteiger partial charge in [0.15, 0.2) is 5.17 Å². The molecule has 34 heavy (non-hydrogen) atoms. The number of hydrogen-bond donors (Lipinski definition) is 2. The number of pyridine rings is 1. The average Bonchev–Trinajstić information content (AvgIpc) is 3.35. The molecule has 7 nitrogen and oxygen atoms in total. The second kappa shape index (κ2) is 8.58. The summed E-state index contributed by atoms with van der Waals surface area (Å²) in [6, 6.07) is 9.95. The van der Waals surface area contributed by atoms with Gasteiger partial charge in [-0.1, -0.05) is 37.1 Å². The fourth-order valence-electron chi connectivity index (χ4n) is 5.70. The molecule has 1 aromatic carbocycles. The summed E-state index contributed by atoms with van der Waals surface area (Å²) in [5.74, 6) is 1.32. The molecule has 3 aliphatic rings. The lowest BCUT2D eigenvalue weighted by Gasteiger charge is -2.44. The highest BCUT2D eigenvalue weighted by Crippen LogP contribution is 2.54. The number of anilines is 1. The summed E-state index contributed by atoms with van der Waals surface area (Å²) in [6.45, 7) is 0. The van der Waals surface area contributed by atoms with Crippen LogP contribution in [0, 0.1) is 0 Å². The fraction of sp³-hybridized carbons (Fsp3) is 0.385. The number of aromatic nitrogens is 3. The Kier molecular flexibility index (Phi) is 5.40. The molecule has 1 fully saturated rings. The van der Waals surface area contributed by atoms with Gasteiger partial charge in [0.2, 0.25) is 11.8 Å². The van der Waals surface area contributed by atoms with Crippen molar-refractivity contribution < 1.29 is 4.42 Å². The molecule has 1 aliphatic heterocycles. The Labute approximate surface area is 203 Å². The maximum Gasteiger partial charge on any atom is 0.250 e. The van der Waals surface area contributed by atoms with Gasteiger partial charge in [0.1, 0.15) is 0 Å². The van der Waals surface area contributed by atoms with Crippen LogP contribution in [0.25, 0.3) is 22.9 Å². The van der Waals surface area contributed by atoms with Crippen LogP contribution in [0.5, 0.6) is 0 Å². The molecule has 0 bridgehead atoms. The monoisotopic (exact) mass is 472 g/mol. The molecule has 1 atom stereocenters. The second-order valence-electron chi connectivity index (χ2n) is 9.47. The summed E-state index contributed by atoms with van der Waals surface area (Å²) in [6.07, 6.45) is 12.8. The van der Waals surface area contributed by atoms with E-state index < -0.39 is 0 Å². The maximum atomic E-state index is 6.50. The predicted octanol–water partition coefficient (Wildman–Crippen LogP) is 5.67.